The van der Waals surface area contributed by atoms with E-state index in [0.717, 1.165) is 12.0 Å². The highest BCUT2D eigenvalue weighted by Gasteiger charge is 2.22. The standard InChI is InChI=1S/C16H28O3S2/c1-6-7-12-21(17,18)19-20(4,5)13-15-8-10-16(11-9-15)14(2)3/h8-11,14H,6-7,12-13H2,1-5H3. The molecule has 0 aliphatic carbocycles. The molecule has 1 aromatic rings. The zero-order valence-electron chi connectivity index (χ0n) is 13.8. The molecular weight excluding hydrogens is 304 g/mol. The molecule has 0 bridgehead atoms. The average molecular weight is 333 g/mol. The Balaban J connectivity index is 2.71. The summed E-state index contributed by atoms with van der Waals surface area (Å²) in [5.41, 5.74) is 2.42. The Morgan fingerprint density at radius 1 is 1.10 bits per heavy atom. The highest BCUT2D eigenvalue weighted by Crippen LogP contribution is 2.46. The predicted molar refractivity (Wildman–Crippen MR) is 93.5 cm³/mol. The van der Waals surface area contributed by atoms with Crippen molar-refractivity contribution in [3.05, 3.63) is 35.4 Å². The highest BCUT2D eigenvalue weighted by atomic mass is 32.3. The van der Waals surface area contributed by atoms with Gasteiger partial charge in [0.05, 0.1) is 5.75 Å². The van der Waals surface area contributed by atoms with Crippen LogP contribution in [-0.4, -0.2) is 26.7 Å². The summed E-state index contributed by atoms with van der Waals surface area (Å²) in [5.74, 6) is 1.29. The van der Waals surface area contributed by atoms with E-state index in [1.54, 1.807) is 0 Å². The minimum atomic E-state index is -3.41. The normalized spacial score (nSPS) is 13.6. The summed E-state index contributed by atoms with van der Waals surface area (Å²) in [4.78, 5) is 0. The van der Waals surface area contributed by atoms with Crippen LogP contribution in [0.15, 0.2) is 24.3 Å². The molecule has 122 valence electrons. The van der Waals surface area contributed by atoms with Crippen LogP contribution in [0.3, 0.4) is 0 Å². The van der Waals surface area contributed by atoms with Crippen LogP contribution in [0.5, 0.6) is 0 Å². The topological polar surface area (TPSA) is 43.4 Å². The van der Waals surface area contributed by atoms with Crippen LogP contribution in [0.2, 0.25) is 0 Å². The molecule has 1 aromatic carbocycles. The van der Waals surface area contributed by atoms with Crippen LogP contribution in [0.1, 0.15) is 50.7 Å². The van der Waals surface area contributed by atoms with Gasteiger partial charge in [0.15, 0.2) is 0 Å². The first-order chi connectivity index (χ1) is 9.65. The lowest BCUT2D eigenvalue weighted by atomic mass is 10.0. The molecule has 1 rings (SSSR count). The van der Waals surface area contributed by atoms with Gasteiger partial charge in [-0.05, 0) is 36.0 Å². The number of rotatable bonds is 8. The Kier molecular flexibility index (Phi) is 6.75. The summed E-state index contributed by atoms with van der Waals surface area (Å²) in [6.45, 7) is 6.30. The molecular formula is C16H28O3S2. The summed E-state index contributed by atoms with van der Waals surface area (Å²) in [6, 6.07) is 8.38. The van der Waals surface area contributed by atoms with E-state index < -0.39 is 20.4 Å². The molecule has 0 fully saturated rings. The molecule has 0 heterocycles. The molecule has 0 saturated heterocycles. The van der Waals surface area contributed by atoms with Crippen molar-refractivity contribution in [2.24, 2.45) is 0 Å². The van der Waals surface area contributed by atoms with Gasteiger partial charge in [0.2, 0.25) is 0 Å². The average Bonchev–Trinajstić information content (AvgIpc) is 2.35. The van der Waals surface area contributed by atoms with Gasteiger partial charge in [-0.15, -0.1) is 10.3 Å². The van der Waals surface area contributed by atoms with Crippen molar-refractivity contribution in [3.63, 3.8) is 0 Å². The maximum atomic E-state index is 11.9. The molecule has 0 spiro atoms. The van der Waals surface area contributed by atoms with Gasteiger partial charge >= 0.3 is 0 Å². The van der Waals surface area contributed by atoms with Crippen LogP contribution in [0.4, 0.5) is 0 Å². The molecule has 0 atom stereocenters. The molecule has 0 N–H and O–H groups in total. The number of benzene rings is 1. The molecule has 0 aliphatic heterocycles. The molecule has 0 radical (unpaired) electrons. The third-order valence-electron chi connectivity index (χ3n) is 3.20. The first-order valence-electron chi connectivity index (χ1n) is 7.39. The largest absolute Gasteiger partial charge is 0.276 e. The second-order valence-corrected chi connectivity index (χ2v) is 11.4. The van der Waals surface area contributed by atoms with Crippen molar-refractivity contribution >= 4 is 20.4 Å². The van der Waals surface area contributed by atoms with E-state index in [4.69, 9.17) is 3.63 Å². The Labute approximate surface area is 131 Å². The third-order valence-corrected chi connectivity index (χ3v) is 7.32. The van der Waals surface area contributed by atoms with Gasteiger partial charge in [-0.2, -0.15) is 8.42 Å². The monoisotopic (exact) mass is 332 g/mol. The summed E-state index contributed by atoms with van der Waals surface area (Å²) in [5, 5.41) is 0. The van der Waals surface area contributed by atoms with E-state index >= 15 is 0 Å². The SMILES string of the molecule is CCCCS(=O)(=O)OS(C)(C)Cc1ccc(C(C)C)cc1. The first-order valence-corrected chi connectivity index (χ1v) is 11.5. The Morgan fingerprint density at radius 2 is 1.67 bits per heavy atom. The van der Waals surface area contributed by atoms with Crippen LogP contribution in [-0.2, 0) is 19.5 Å². The third kappa shape index (κ3) is 6.85. The minimum Gasteiger partial charge on any atom is -0.220 e. The van der Waals surface area contributed by atoms with Gasteiger partial charge in [0, 0.05) is 5.75 Å². The van der Waals surface area contributed by atoms with E-state index in [2.05, 4.69) is 38.1 Å². The van der Waals surface area contributed by atoms with Crippen molar-refractivity contribution in [2.75, 3.05) is 18.3 Å². The molecule has 0 unspecified atom stereocenters. The lowest BCUT2D eigenvalue weighted by Gasteiger charge is -2.30. The fourth-order valence-electron chi connectivity index (χ4n) is 2.06. The second kappa shape index (κ2) is 7.65. The lowest BCUT2D eigenvalue weighted by molar-refractivity contribution is 0.508. The molecule has 0 aliphatic rings. The van der Waals surface area contributed by atoms with E-state index in [1.165, 1.54) is 5.56 Å². The van der Waals surface area contributed by atoms with E-state index in [-0.39, 0.29) is 5.75 Å². The quantitative estimate of drug-likeness (QED) is 0.707. The summed E-state index contributed by atoms with van der Waals surface area (Å²) in [6.07, 6.45) is 5.33. The first kappa shape index (κ1) is 18.5. The zero-order valence-corrected chi connectivity index (χ0v) is 15.4. The lowest BCUT2D eigenvalue weighted by Crippen LogP contribution is -2.15. The number of hydrogen-bond donors (Lipinski definition) is 0. The number of unbranched alkanes of at least 4 members (excludes halogenated alkanes) is 1. The predicted octanol–water partition coefficient (Wildman–Crippen LogP) is 4.44. The summed E-state index contributed by atoms with van der Waals surface area (Å²) < 4.78 is 29.3. The maximum Gasteiger partial charge on any atom is 0.276 e. The van der Waals surface area contributed by atoms with Gasteiger partial charge in [0.25, 0.3) is 10.1 Å². The fraction of sp³-hybridized carbons (Fsp3) is 0.625. The fourth-order valence-corrected chi connectivity index (χ4v) is 6.41. The Bertz CT molecular complexity index is 531. The molecule has 0 amide bonds. The van der Waals surface area contributed by atoms with Crippen LogP contribution >= 0.6 is 10.3 Å². The van der Waals surface area contributed by atoms with Crippen molar-refractivity contribution in [2.45, 2.75) is 45.3 Å². The van der Waals surface area contributed by atoms with E-state index in [1.807, 2.05) is 19.4 Å². The Morgan fingerprint density at radius 3 is 2.14 bits per heavy atom. The highest BCUT2D eigenvalue weighted by molar-refractivity contribution is 8.31. The zero-order chi connectivity index (χ0) is 16.1. The summed E-state index contributed by atoms with van der Waals surface area (Å²) >= 11 is 0. The smallest absolute Gasteiger partial charge is 0.220 e. The van der Waals surface area contributed by atoms with E-state index in [9.17, 15) is 8.42 Å². The van der Waals surface area contributed by atoms with Crippen molar-refractivity contribution in [3.8, 4) is 0 Å². The molecule has 0 aromatic heterocycles. The van der Waals surface area contributed by atoms with Crippen LogP contribution in [0, 0.1) is 0 Å². The summed E-state index contributed by atoms with van der Waals surface area (Å²) in [7, 11) is -5.05. The Hall–Kier alpha value is -0.520. The van der Waals surface area contributed by atoms with Gasteiger partial charge in [0.1, 0.15) is 0 Å². The van der Waals surface area contributed by atoms with Crippen molar-refractivity contribution in [1.29, 1.82) is 0 Å². The molecule has 5 heteroatoms. The molecule has 0 saturated carbocycles. The van der Waals surface area contributed by atoms with E-state index in [0.29, 0.717) is 18.1 Å². The van der Waals surface area contributed by atoms with Crippen LogP contribution < -0.4 is 0 Å². The molecule has 3 nitrogen and oxygen atoms in total. The van der Waals surface area contributed by atoms with Crippen molar-refractivity contribution < 1.29 is 12.0 Å². The van der Waals surface area contributed by atoms with Gasteiger partial charge in [-0.3, -0.25) is 0 Å². The number of hydrogen-bond acceptors (Lipinski definition) is 3. The van der Waals surface area contributed by atoms with Crippen LogP contribution in [0.25, 0.3) is 0 Å². The maximum absolute atomic E-state index is 11.9. The van der Waals surface area contributed by atoms with Gasteiger partial charge < -0.3 is 0 Å². The van der Waals surface area contributed by atoms with Gasteiger partial charge in [-0.1, -0.05) is 51.5 Å². The van der Waals surface area contributed by atoms with Crippen molar-refractivity contribution in [1.82, 2.24) is 0 Å². The van der Waals surface area contributed by atoms with Gasteiger partial charge in [-0.25, -0.2) is 3.63 Å². The molecule has 21 heavy (non-hydrogen) atoms. The second-order valence-electron chi connectivity index (χ2n) is 6.16. The minimum absolute atomic E-state index is 0.117.